The molecule has 0 spiro atoms. The number of rotatable bonds is 6. The van der Waals surface area contributed by atoms with Gasteiger partial charge in [-0.25, -0.2) is 0 Å². The lowest BCUT2D eigenvalue weighted by Crippen LogP contribution is -2.20. The maximum absolute atomic E-state index is 3.51. The quantitative estimate of drug-likeness (QED) is 0.775. The minimum absolute atomic E-state index is 0.737. The molecule has 3 heteroatoms. The Morgan fingerprint density at radius 2 is 2.33 bits per heavy atom. The summed E-state index contributed by atoms with van der Waals surface area (Å²) in [5.41, 5.74) is 0. The molecule has 1 nitrogen and oxygen atoms in total. The van der Waals surface area contributed by atoms with Crippen molar-refractivity contribution in [3.05, 3.63) is 26.9 Å². The first-order valence-electron chi connectivity index (χ1n) is 5.30. The monoisotopic (exact) mass is 287 g/mol. The predicted octanol–water partition coefficient (Wildman–Crippen LogP) is 4.16. The van der Waals surface area contributed by atoms with Gasteiger partial charge in [0.1, 0.15) is 0 Å². The van der Waals surface area contributed by atoms with Gasteiger partial charge in [-0.05, 0) is 58.9 Å². The molecule has 0 bridgehead atoms. The molecule has 1 aromatic heterocycles. The van der Waals surface area contributed by atoms with Crippen LogP contribution in [0.1, 0.15) is 25.1 Å². The van der Waals surface area contributed by atoms with Crippen molar-refractivity contribution >= 4 is 33.3 Å². The van der Waals surface area contributed by atoms with E-state index in [0.717, 1.165) is 25.4 Å². The SMILES string of the molecule is CC(C)CNCCC=Cc1sccc1Br. The van der Waals surface area contributed by atoms with E-state index in [1.807, 2.05) is 0 Å². The van der Waals surface area contributed by atoms with Crippen LogP contribution < -0.4 is 5.32 Å². The number of thiophene rings is 1. The van der Waals surface area contributed by atoms with Crippen molar-refractivity contribution in [3.63, 3.8) is 0 Å². The minimum Gasteiger partial charge on any atom is -0.316 e. The fraction of sp³-hybridized carbons (Fsp3) is 0.500. The third-order valence-corrected chi connectivity index (χ3v) is 3.79. The van der Waals surface area contributed by atoms with Crippen molar-refractivity contribution in [1.82, 2.24) is 5.32 Å². The molecular formula is C12H18BrNS. The molecule has 84 valence electrons. The van der Waals surface area contributed by atoms with Gasteiger partial charge in [0.2, 0.25) is 0 Å². The van der Waals surface area contributed by atoms with Crippen molar-refractivity contribution in [2.75, 3.05) is 13.1 Å². The summed E-state index contributed by atoms with van der Waals surface area (Å²) >= 11 is 5.28. The van der Waals surface area contributed by atoms with Crippen molar-refractivity contribution in [2.24, 2.45) is 5.92 Å². The second kappa shape index (κ2) is 7.20. The molecular weight excluding hydrogens is 270 g/mol. The summed E-state index contributed by atoms with van der Waals surface area (Å²) in [6.45, 7) is 6.63. The lowest BCUT2D eigenvalue weighted by Gasteiger charge is -2.04. The van der Waals surface area contributed by atoms with E-state index in [9.17, 15) is 0 Å². The topological polar surface area (TPSA) is 12.0 Å². The van der Waals surface area contributed by atoms with Crippen LogP contribution in [0.3, 0.4) is 0 Å². The molecule has 0 aliphatic heterocycles. The van der Waals surface area contributed by atoms with Gasteiger partial charge in [-0.1, -0.05) is 19.9 Å². The molecule has 0 saturated carbocycles. The standard InChI is InChI=1S/C12H18BrNS/c1-10(2)9-14-7-4-3-5-12-11(13)6-8-15-12/h3,5-6,8,10,14H,4,7,9H2,1-2H3. The van der Waals surface area contributed by atoms with Crippen LogP contribution in [-0.4, -0.2) is 13.1 Å². The highest BCUT2D eigenvalue weighted by atomic mass is 79.9. The molecule has 0 fully saturated rings. The summed E-state index contributed by atoms with van der Waals surface area (Å²) in [4.78, 5) is 1.30. The first kappa shape index (κ1) is 12.9. The van der Waals surface area contributed by atoms with Crippen molar-refractivity contribution < 1.29 is 0 Å². The van der Waals surface area contributed by atoms with Crippen LogP contribution in [0.25, 0.3) is 6.08 Å². The largest absolute Gasteiger partial charge is 0.316 e. The Kier molecular flexibility index (Phi) is 6.22. The minimum atomic E-state index is 0.737. The predicted molar refractivity (Wildman–Crippen MR) is 73.4 cm³/mol. The molecule has 0 aromatic carbocycles. The molecule has 0 amide bonds. The van der Waals surface area contributed by atoms with Gasteiger partial charge in [0.05, 0.1) is 0 Å². The van der Waals surface area contributed by atoms with Crippen molar-refractivity contribution in [3.8, 4) is 0 Å². The summed E-state index contributed by atoms with van der Waals surface area (Å²) < 4.78 is 1.19. The molecule has 0 atom stereocenters. The lowest BCUT2D eigenvalue weighted by molar-refractivity contribution is 0.557. The third kappa shape index (κ3) is 5.50. The van der Waals surface area contributed by atoms with Crippen LogP contribution in [0, 0.1) is 5.92 Å². The number of hydrogen-bond acceptors (Lipinski definition) is 2. The van der Waals surface area contributed by atoms with Gasteiger partial charge in [0, 0.05) is 9.35 Å². The van der Waals surface area contributed by atoms with E-state index in [4.69, 9.17) is 0 Å². The van der Waals surface area contributed by atoms with E-state index >= 15 is 0 Å². The van der Waals surface area contributed by atoms with Crippen molar-refractivity contribution in [2.45, 2.75) is 20.3 Å². The second-order valence-electron chi connectivity index (χ2n) is 3.92. The Balaban J connectivity index is 2.15. The van der Waals surface area contributed by atoms with Gasteiger partial charge in [-0.2, -0.15) is 0 Å². The van der Waals surface area contributed by atoms with E-state index in [-0.39, 0.29) is 0 Å². The number of nitrogens with one attached hydrogen (secondary N) is 1. The van der Waals surface area contributed by atoms with Gasteiger partial charge >= 0.3 is 0 Å². The van der Waals surface area contributed by atoms with E-state index in [2.05, 4.69) is 58.7 Å². The lowest BCUT2D eigenvalue weighted by atomic mass is 10.2. The highest BCUT2D eigenvalue weighted by Gasteiger charge is 1.95. The summed E-state index contributed by atoms with van der Waals surface area (Å²) in [7, 11) is 0. The molecule has 15 heavy (non-hydrogen) atoms. The fourth-order valence-electron chi connectivity index (χ4n) is 1.19. The van der Waals surface area contributed by atoms with E-state index < -0.39 is 0 Å². The van der Waals surface area contributed by atoms with Gasteiger partial charge in [0.15, 0.2) is 0 Å². The maximum atomic E-state index is 3.51. The van der Waals surface area contributed by atoms with Crippen LogP contribution in [0.15, 0.2) is 22.0 Å². The third-order valence-electron chi connectivity index (χ3n) is 1.95. The molecule has 1 heterocycles. The van der Waals surface area contributed by atoms with E-state index in [0.29, 0.717) is 0 Å². The smallest absolute Gasteiger partial charge is 0.0409 e. The normalized spacial score (nSPS) is 11.7. The first-order valence-corrected chi connectivity index (χ1v) is 6.97. The molecule has 0 aliphatic carbocycles. The van der Waals surface area contributed by atoms with Gasteiger partial charge < -0.3 is 5.32 Å². The van der Waals surface area contributed by atoms with Crippen LogP contribution in [0.5, 0.6) is 0 Å². The Morgan fingerprint density at radius 1 is 1.53 bits per heavy atom. The van der Waals surface area contributed by atoms with Crippen molar-refractivity contribution in [1.29, 1.82) is 0 Å². The zero-order chi connectivity index (χ0) is 11.1. The zero-order valence-electron chi connectivity index (χ0n) is 9.29. The van der Waals surface area contributed by atoms with Gasteiger partial charge in [0.25, 0.3) is 0 Å². The van der Waals surface area contributed by atoms with E-state index in [1.165, 1.54) is 9.35 Å². The Bertz CT molecular complexity index is 304. The summed E-state index contributed by atoms with van der Waals surface area (Å²) in [5, 5.41) is 5.52. The molecule has 0 unspecified atom stereocenters. The highest BCUT2D eigenvalue weighted by molar-refractivity contribution is 9.10. The Labute approximate surface area is 105 Å². The molecule has 0 aliphatic rings. The van der Waals surface area contributed by atoms with Crippen LogP contribution in [0.4, 0.5) is 0 Å². The number of halogens is 1. The summed E-state index contributed by atoms with van der Waals surface area (Å²) in [6, 6.07) is 2.08. The Morgan fingerprint density at radius 3 is 2.93 bits per heavy atom. The second-order valence-corrected chi connectivity index (χ2v) is 5.72. The zero-order valence-corrected chi connectivity index (χ0v) is 11.7. The fourth-order valence-corrected chi connectivity index (χ4v) is 2.62. The summed E-state index contributed by atoms with van der Waals surface area (Å²) in [5.74, 6) is 0.737. The van der Waals surface area contributed by atoms with Gasteiger partial charge in [-0.3, -0.25) is 0 Å². The van der Waals surface area contributed by atoms with Crippen LogP contribution in [-0.2, 0) is 0 Å². The maximum Gasteiger partial charge on any atom is 0.0409 e. The van der Waals surface area contributed by atoms with Gasteiger partial charge in [-0.15, -0.1) is 11.3 Å². The van der Waals surface area contributed by atoms with E-state index in [1.54, 1.807) is 11.3 Å². The highest BCUT2D eigenvalue weighted by Crippen LogP contribution is 2.23. The average Bonchev–Trinajstić information content (AvgIpc) is 2.57. The molecule has 1 N–H and O–H groups in total. The summed E-state index contributed by atoms with van der Waals surface area (Å²) in [6.07, 6.45) is 5.51. The Hall–Kier alpha value is -0.120. The number of hydrogen-bond donors (Lipinski definition) is 1. The van der Waals surface area contributed by atoms with Crippen LogP contribution in [0.2, 0.25) is 0 Å². The molecule has 0 radical (unpaired) electrons. The molecule has 1 aromatic rings. The average molecular weight is 288 g/mol. The molecule has 0 saturated heterocycles. The van der Waals surface area contributed by atoms with Crippen LogP contribution >= 0.6 is 27.3 Å². The first-order chi connectivity index (χ1) is 7.20. The molecule has 1 rings (SSSR count).